The summed E-state index contributed by atoms with van der Waals surface area (Å²) in [5, 5.41) is 2.75. The zero-order chi connectivity index (χ0) is 16.5. The molecule has 0 amide bonds. The smallest absolute Gasteiger partial charge is 0.0416 e. The van der Waals surface area contributed by atoms with Gasteiger partial charge in [0.05, 0.1) is 0 Å². The fourth-order valence-corrected chi connectivity index (χ4v) is 5.22. The molecule has 0 bridgehead atoms. The van der Waals surface area contributed by atoms with Crippen LogP contribution < -0.4 is 5.73 Å². The molecule has 2 aliphatic carbocycles. The zero-order valence-electron chi connectivity index (χ0n) is 13.8. The fourth-order valence-electron chi connectivity index (χ4n) is 4.09. The number of nitrogens with two attached hydrogens (primary N) is 1. The third-order valence-corrected chi connectivity index (χ3v) is 6.55. The molecule has 0 fully saturated rings. The van der Waals surface area contributed by atoms with E-state index in [-0.39, 0.29) is 11.5 Å². The Kier molecular flexibility index (Phi) is 2.77. The Labute approximate surface area is 145 Å². The minimum absolute atomic E-state index is 0.00269. The summed E-state index contributed by atoms with van der Waals surface area (Å²) in [6, 6.07) is 13.5. The van der Waals surface area contributed by atoms with E-state index in [9.17, 15) is 0 Å². The summed E-state index contributed by atoms with van der Waals surface area (Å²) in [7, 11) is 0. The molecule has 1 heterocycles. The van der Waals surface area contributed by atoms with Gasteiger partial charge in [-0.15, -0.1) is 11.3 Å². The Hall–Kier alpha value is -2.16. The molecule has 2 aromatic carbocycles. The van der Waals surface area contributed by atoms with Crippen molar-refractivity contribution in [3.8, 4) is 0 Å². The molecular formula is C22H19NS. The quantitative estimate of drug-likeness (QED) is 0.575. The summed E-state index contributed by atoms with van der Waals surface area (Å²) in [6.45, 7) is 4.65. The number of benzene rings is 2. The summed E-state index contributed by atoms with van der Waals surface area (Å²) >= 11 is 1.88. The summed E-state index contributed by atoms with van der Waals surface area (Å²) in [5.41, 5.74) is 11.6. The summed E-state index contributed by atoms with van der Waals surface area (Å²) in [6.07, 6.45) is 8.64. The molecule has 1 nitrogen and oxygen atoms in total. The minimum atomic E-state index is 0.00269. The highest BCUT2D eigenvalue weighted by Gasteiger charge is 2.36. The first-order valence-electron chi connectivity index (χ1n) is 8.38. The van der Waals surface area contributed by atoms with Gasteiger partial charge in [-0.25, -0.2) is 0 Å². The topological polar surface area (TPSA) is 26.0 Å². The van der Waals surface area contributed by atoms with Crippen LogP contribution in [0.4, 0.5) is 0 Å². The molecule has 2 heteroatoms. The molecule has 2 aliphatic rings. The molecule has 1 atom stereocenters. The van der Waals surface area contributed by atoms with Crippen LogP contribution in [0.1, 0.15) is 25.0 Å². The van der Waals surface area contributed by atoms with Gasteiger partial charge in [-0.2, -0.15) is 0 Å². The third kappa shape index (κ3) is 1.78. The molecule has 5 rings (SSSR count). The van der Waals surface area contributed by atoms with E-state index < -0.39 is 0 Å². The van der Waals surface area contributed by atoms with Crippen LogP contribution in [0, 0.1) is 0 Å². The van der Waals surface area contributed by atoms with Crippen LogP contribution in [0.5, 0.6) is 0 Å². The van der Waals surface area contributed by atoms with Crippen LogP contribution in [-0.4, -0.2) is 6.04 Å². The van der Waals surface area contributed by atoms with Gasteiger partial charge in [-0.1, -0.05) is 56.4 Å². The number of rotatable bonds is 0. The molecule has 0 saturated carbocycles. The molecule has 118 valence electrons. The van der Waals surface area contributed by atoms with Crippen LogP contribution in [-0.2, 0) is 5.41 Å². The van der Waals surface area contributed by atoms with E-state index in [0.29, 0.717) is 0 Å². The number of hydrogen-bond donors (Lipinski definition) is 1. The lowest BCUT2D eigenvalue weighted by Gasteiger charge is -2.23. The zero-order valence-corrected chi connectivity index (χ0v) is 14.7. The van der Waals surface area contributed by atoms with Crippen LogP contribution >= 0.6 is 11.3 Å². The van der Waals surface area contributed by atoms with E-state index in [4.69, 9.17) is 5.73 Å². The van der Waals surface area contributed by atoms with Crippen LogP contribution in [0.3, 0.4) is 0 Å². The number of allylic oxidation sites excluding steroid dienone is 4. The van der Waals surface area contributed by atoms with Crippen LogP contribution in [0.15, 0.2) is 66.3 Å². The Bertz CT molecular complexity index is 1090. The molecule has 0 radical (unpaired) electrons. The SMILES string of the molecule is CC1(C)C2=C(C=CC(N)C=C2)c2cc3sc4ccccc4c3cc21. The predicted octanol–water partition coefficient (Wildman–Crippen LogP) is 5.55. The highest BCUT2D eigenvalue weighted by atomic mass is 32.1. The van der Waals surface area contributed by atoms with Gasteiger partial charge in [0.2, 0.25) is 0 Å². The van der Waals surface area contributed by atoms with E-state index in [0.717, 1.165) is 0 Å². The maximum absolute atomic E-state index is 6.09. The Morgan fingerprint density at radius 3 is 2.62 bits per heavy atom. The fraction of sp³-hybridized carbons (Fsp3) is 0.182. The molecule has 0 saturated heterocycles. The van der Waals surface area contributed by atoms with Gasteiger partial charge in [-0.3, -0.25) is 0 Å². The first-order valence-corrected chi connectivity index (χ1v) is 9.20. The molecule has 3 aromatic rings. The second-order valence-corrected chi connectivity index (χ2v) is 8.32. The number of thiophene rings is 1. The van der Waals surface area contributed by atoms with Crippen molar-refractivity contribution in [2.24, 2.45) is 5.73 Å². The number of fused-ring (bicyclic) bond motifs is 5. The molecular weight excluding hydrogens is 310 g/mol. The van der Waals surface area contributed by atoms with Crippen molar-refractivity contribution in [3.05, 3.63) is 77.4 Å². The van der Waals surface area contributed by atoms with Gasteiger partial charge >= 0.3 is 0 Å². The third-order valence-electron chi connectivity index (χ3n) is 5.41. The largest absolute Gasteiger partial charge is 0.321 e. The van der Waals surface area contributed by atoms with Gasteiger partial charge in [0.15, 0.2) is 0 Å². The average molecular weight is 329 g/mol. The number of hydrogen-bond acceptors (Lipinski definition) is 2. The summed E-state index contributed by atoms with van der Waals surface area (Å²) in [5.74, 6) is 0. The van der Waals surface area contributed by atoms with Gasteiger partial charge < -0.3 is 5.73 Å². The van der Waals surface area contributed by atoms with Gasteiger partial charge in [-0.05, 0) is 40.5 Å². The minimum Gasteiger partial charge on any atom is -0.321 e. The Morgan fingerprint density at radius 2 is 1.75 bits per heavy atom. The van der Waals surface area contributed by atoms with Crippen molar-refractivity contribution >= 4 is 37.1 Å². The van der Waals surface area contributed by atoms with E-state index >= 15 is 0 Å². The van der Waals surface area contributed by atoms with Crippen molar-refractivity contribution in [1.29, 1.82) is 0 Å². The Morgan fingerprint density at radius 1 is 0.958 bits per heavy atom. The molecule has 2 N–H and O–H groups in total. The van der Waals surface area contributed by atoms with Crippen molar-refractivity contribution < 1.29 is 0 Å². The van der Waals surface area contributed by atoms with Gasteiger partial charge in [0.1, 0.15) is 0 Å². The second kappa shape index (κ2) is 4.69. The van der Waals surface area contributed by atoms with Crippen LogP contribution in [0.2, 0.25) is 0 Å². The second-order valence-electron chi connectivity index (χ2n) is 7.24. The van der Waals surface area contributed by atoms with Gasteiger partial charge in [0.25, 0.3) is 0 Å². The molecule has 0 aliphatic heterocycles. The predicted molar refractivity (Wildman–Crippen MR) is 106 cm³/mol. The van der Waals surface area contributed by atoms with Crippen molar-refractivity contribution in [1.82, 2.24) is 0 Å². The first kappa shape index (κ1) is 14.2. The Balaban J connectivity index is 1.86. The van der Waals surface area contributed by atoms with Crippen molar-refractivity contribution in [3.63, 3.8) is 0 Å². The monoisotopic (exact) mass is 329 g/mol. The molecule has 1 aromatic heterocycles. The summed E-state index contributed by atoms with van der Waals surface area (Å²) in [4.78, 5) is 0. The molecule has 0 spiro atoms. The average Bonchev–Trinajstić information content (AvgIpc) is 2.92. The summed E-state index contributed by atoms with van der Waals surface area (Å²) < 4.78 is 2.73. The van der Waals surface area contributed by atoms with Crippen molar-refractivity contribution in [2.45, 2.75) is 25.3 Å². The lowest BCUT2D eigenvalue weighted by Crippen LogP contribution is -2.17. The molecule has 24 heavy (non-hydrogen) atoms. The van der Waals surface area contributed by atoms with E-state index in [2.05, 4.69) is 74.5 Å². The van der Waals surface area contributed by atoms with Gasteiger partial charge in [0, 0.05) is 31.6 Å². The normalized spacial score (nSPS) is 21.4. The highest BCUT2D eigenvalue weighted by Crippen LogP contribution is 2.50. The molecule has 1 unspecified atom stereocenters. The van der Waals surface area contributed by atoms with Crippen molar-refractivity contribution in [2.75, 3.05) is 0 Å². The highest BCUT2D eigenvalue weighted by molar-refractivity contribution is 7.25. The maximum atomic E-state index is 6.09. The lowest BCUT2D eigenvalue weighted by atomic mass is 9.80. The maximum Gasteiger partial charge on any atom is 0.0416 e. The standard InChI is InChI=1S/C22H19NS/c1-22(2)18-10-8-13(23)7-9-14(18)16-12-21-17(11-19(16)22)15-5-3-4-6-20(15)24-21/h3-13H,23H2,1-2H3. The first-order chi connectivity index (χ1) is 11.6. The lowest BCUT2D eigenvalue weighted by molar-refractivity contribution is 0.655. The van der Waals surface area contributed by atoms with E-state index in [1.807, 2.05) is 11.3 Å². The van der Waals surface area contributed by atoms with E-state index in [1.54, 1.807) is 0 Å². The van der Waals surface area contributed by atoms with Crippen LogP contribution in [0.25, 0.3) is 25.7 Å². The van der Waals surface area contributed by atoms with E-state index in [1.165, 1.54) is 42.4 Å².